The van der Waals surface area contributed by atoms with Gasteiger partial charge in [0.15, 0.2) is 0 Å². The first-order valence-electron chi connectivity index (χ1n) is 3.78. The number of carboxylic acids is 1. The fraction of sp³-hybridized carbons (Fsp3) is 0.857. The molecule has 1 heterocycles. The van der Waals surface area contributed by atoms with E-state index in [-0.39, 0.29) is 6.42 Å². The minimum absolute atomic E-state index is 0.178. The third-order valence-corrected chi connectivity index (χ3v) is 2.26. The van der Waals surface area contributed by atoms with Crippen LogP contribution in [0, 0.1) is 0 Å². The highest BCUT2D eigenvalue weighted by atomic mass is 19.3. The van der Waals surface area contributed by atoms with Crippen LogP contribution in [-0.4, -0.2) is 29.1 Å². The number of halogens is 2. The molecule has 0 aromatic rings. The SMILES string of the molecule is CCC1(C(=O)O)CC(F)(F)CN1. The highest BCUT2D eigenvalue weighted by Crippen LogP contribution is 2.34. The summed E-state index contributed by atoms with van der Waals surface area (Å²) in [6.45, 7) is 1.05. The maximum absolute atomic E-state index is 12.7. The van der Waals surface area contributed by atoms with E-state index in [1.807, 2.05) is 0 Å². The van der Waals surface area contributed by atoms with Crippen LogP contribution in [-0.2, 0) is 4.79 Å². The molecule has 0 spiro atoms. The number of rotatable bonds is 2. The number of aliphatic carboxylic acids is 1. The van der Waals surface area contributed by atoms with Gasteiger partial charge in [-0.2, -0.15) is 0 Å². The molecule has 1 aliphatic rings. The van der Waals surface area contributed by atoms with E-state index in [1.54, 1.807) is 6.92 Å². The van der Waals surface area contributed by atoms with Crippen LogP contribution in [0.3, 0.4) is 0 Å². The molecular weight excluding hydrogens is 168 g/mol. The highest BCUT2D eigenvalue weighted by Gasteiger charge is 2.52. The molecule has 1 aliphatic heterocycles. The summed E-state index contributed by atoms with van der Waals surface area (Å²) in [4.78, 5) is 10.6. The Balaban J connectivity index is 2.80. The van der Waals surface area contributed by atoms with Crippen LogP contribution in [0.5, 0.6) is 0 Å². The van der Waals surface area contributed by atoms with Gasteiger partial charge in [-0.25, -0.2) is 8.78 Å². The van der Waals surface area contributed by atoms with Gasteiger partial charge in [-0.15, -0.1) is 0 Å². The molecule has 0 radical (unpaired) electrons. The van der Waals surface area contributed by atoms with Crippen molar-refractivity contribution in [2.75, 3.05) is 6.54 Å². The van der Waals surface area contributed by atoms with E-state index >= 15 is 0 Å². The quantitative estimate of drug-likeness (QED) is 0.660. The number of alkyl halides is 2. The van der Waals surface area contributed by atoms with Crippen molar-refractivity contribution in [1.82, 2.24) is 5.32 Å². The lowest BCUT2D eigenvalue weighted by Crippen LogP contribution is -2.46. The van der Waals surface area contributed by atoms with Gasteiger partial charge in [-0.05, 0) is 6.42 Å². The van der Waals surface area contributed by atoms with Crippen molar-refractivity contribution in [3.05, 3.63) is 0 Å². The normalized spacial score (nSPS) is 33.6. The summed E-state index contributed by atoms with van der Waals surface area (Å²) >= 11 is 0. The molecule has 3 nitrogen and oxygen atoms in total. The minimum Gasteiger partial charge on any atom is -0.480 e. The van der Waals surface area contributed by atoms with Crippen molar-refractivity contribution in [3.63, 3.8) is 0 Å². The summed E-state index contributed by atoms with van der Waals surface area (Å²) in [5.41, 5.74) is -1.41. The molecule has 0 bridgehead atoms. The first-order valence-corrected chi connectivity index (χ1v) is 3.78. The Morgan fingerprint density at radius 3 is 2.42 bits per heavy atom. The zero-order valence-electron chi connectivity index (χ0n) is 6.73. The molecule has 0 aromatic carbocycles. The van der Waals surface area contributed by atoms with E-state index in [9.17, 15) is 13.6 Å². The summed E-state index contributed by atoms with van der Waals surface area (Å²) in [6, 6.07) is 0. The molecule has 1 unspecified atom stereocenters. The Labute approximate surface area is 68.8 Å². The van der Waals surface area contributed by atoms with Gasteiger partial charge in [0.2, 0.25) is 0 Å². The van der Waals surface area contributed by atoms with E-state index < -0.39 is 30.4 Å². The van der Waals surface area contributed by atoms with Crippen molar-refractivity contribution in [3.8, 4) is 0 Å². The van der Waals surface area contributed by atoms with Gasteiger partial charge in [0, 0.05) is 6.42 Å². The Hall–Kier alpha value is -0.710. The minimum atomic E-state index is -2.88. The predicted molar refractivity (Wildman–Crippen MR) is 38.2 cm³/mol. The molecular formula is C7H11F2NO2. The van der Waals surface area contributed by atoms with E-state index in [4.69, 9.17) is 5.11 Å². The first kappa shape index (κ1) is 9.38. The van der Waals surface area contributed by atoms with Crippen LogP contribution in [0.2, 0.25) is 0 Å². The Morgan fingerprint density at radius 2 is 2.25 bits per heavy atom. The predicted octanol–water partition coefficient (Wildman–Crippen LogP) is 0.848. The molecule has 1 atom stereocenters. The van der Waals surface area contributed by atoms with Crippen LogP contribution in [0.25, 0.3) is 0 Å². The molecule has 5 heteroatoms. The van der Waals surface area contributed by atoms with E-state index in [0.29, 0.717) is 0 Å². The third-order valence-electron chi connectivity index (χ3n) is 2.26. The second-order valence-corrected chi connectivity index (χ2v) is 3.13. The lowest BCUT2D eigenvalue weighted by molar-refractivity contribution is -0.145. The maximum Gasteiger partial charge on any atom is 0.324 e. The lowest BCUT2D eigenvalue weighted by Gasteiger charge is -2.21. The van der Waals surface area contributed by atoms with Gasteiger partial charge in [-0.3, -0.25) is 10.1 Å². The largest absolute Gasteiger partial charge is 0.480 e. The van der Waals surface area contributed by atoms with E-state index in [1.165, 1.54) is 0 Å². The number of carboxylic acid groups (broad SMARTS) is 1. The number of hydrogen-bond donors (Lipinski definition) is 2. The van der Waals surface area contributed by atoms with Crippen molar-refractivity contribution in [2.45, 2.75) is 31.2 Å². The first-order chi connectivity index (χ1) is 5.42. The molecule has 0 aliphatic carbocycles. The summed E-state index contributed by atoms with van der Waals surface area (Å²) in [6.07, 6.45) is -0.427. The second kappa shape index (κ2) is 2.65. The van der Waals surface area contributed by atoms with E-state index in [0.717, 1.165) is 0 Å². The summed E-state index contributed by atoms with van der Waals surface area (Å²) in [5.74, 6) is -4.07. The zero-order valence-corrected chi connectivity index (χ0v) is 6.73. The summed E-state index contributed by atoms with van der Waals surface area (Å²) < 4.78 is 25.3. The summed E-state index contributed by atoms with van der Waals surface area (Å²) in [5, 5.41) is 11.1. The van der Waals surface area contributed by atoms with Crippen molar-refractivity contribution in [2.24, 2.45) is 0 Å². The maximum atomic E-state index is 12.7. The average molecular weight is 179 g/mol. The molecule has 2 N–H and O–H groups in total. The van der Waals surface area contributed by atoms with Crippen LogP contribution >= 0.6 is 0 Å². The third kappa shape index (κ3) is 1.41. The molecule has 1 fully saturated rings. The smallest absolute Gasteiger partial charge is 0.324 e. The highest BCUT2D eigenvalue weighted by molar-refractivity contribution is 5.79. The van der Waals surface area contributed by atoms with Crippen LogP contribution in [0.1, 0.15) is 19.8 Å². The Morgan fingerprint density at radius 1 is 1.67 bits per heavy atom. The molecule has 0 saturated carbocycles. The van der Waals surface area contributed by atoms with Crippen molar-refractivity contribution in [1.29, 1.82) is 0 Å². The zero-order chi connectivity index (χ0) is 9.41. The molecule has 70 valence electrons. The van der Waals surface area contributed by atoms with Crippen LogP contribution < -0.4 is 5.32 Å². The molecule has 0 aromatic heterocycles. The average Bonchev–Trinajstić information content (AvgIpc) is 2.27. The van der Waals surface area contributed by atoms with Gasteiger partial charge in [0.05, 0.1) is 6.54 Å². The Kier molecular flexibility index (Phi) is 2.07. The van der Waals surface area contributed by atoms with Crippen LogP contribution in [0.15, 0.2) is 0 Å². The molecule has 0 amide bonds. The number of carbonyl (C=O) groups is 1. The van der Waals surface area contributed by atoms with E-state index in [2.05, 4.69) is 5.32 Å². The fourth-order valence-corrected chi connectivity index (χ4v) is 1.42. The van der Waals surface area contributed by atoms with Gasteiger partial charge in [0.1, 0.15) is 5.54 Å². The topological polar surface area (TPSA) is 49.3 Å². The summed E-state index contributed by atoms with van der Waals surface area (Å²) in [7, 11) is 0. The fourth-order valence-electron chi connectivity index (χ4n) is 1.42. The van der Waals surface area contributed by atoms with Crippen molar-refractivity contribution >= 4 is 5.97 Å². The van der Waals surface area contributed by atoms with Gasteiger partial charge in [-0.1, -0.05) is 6.92 Å². The number of nitrogens with one attached hydrogen (secondary N) is 1. The molecule has 12 heavy (non-hydrogen) atoms. The lowest BCUT2D eigenvalue weighted by atomic mass is 9.93. The van der Waals surface area contributed by atoms with Crippen LogP contribution in [0.4, 0.5) is 8.78 Å². The number of hydrogen-bond acceptors (Lipinski definition) is 2. The monoisotopic (exact) mass is 179 g/mol. The van der Waals surface area contributed by atoms with Gasteiger partial charge < -0.3 is 5.11 Å². The Bertz CT molecular complexity index is 208. The van der Waals surface area contributed by atoms with Crippen molar-refractivity contribution < 1.29 is 18.7 Å². The standard InChI is InChI=1S/C7H11F2NO2/c1-2-6(5(11)12)3-7(8,9)4-10-6/h10H,2-4H2,1H3,(H,11,12). The molecule has 1 saturated heterocycles. The van der Waals surface area contributed by atoms with Gasteiger partial charge >= 0.3 is 5.97 Å². The molecule has 1 rings (SSSR count). The second-order valence-electron chi connectivity index (χ2n) is 3.13. The van der Waals surface area contributed by atoms with Gasteiger partial charge in [0.25, 0.3) is 5.92 Å².